The number of pyridine rings is 3. The normalized spacial score (nSPS) is 12.7. The van der Waals surface area contributed by atoms with Gasteiger partial charge < -0.3 is 14.4 Å². The monoisotopic (exact) mass is 604 g/mol. The van der Waals surface area contributed by atoms with Gasteiger partial charge in [0, 0.05) is 29.2 Å². The second-order valence-electron chi connectivity index (χ2n) is 8.86. The van der Waals surface area contributed by atoms with Crippen LogP contribution in [0.1, 0.15) is 42.7 Å². The standard InChI is InChI=1S/C26H20ClF3N6O4S/c1-12-4-14(15-6-21(27)32-9-19(15)40-3)16(8-31-12)23(37)35-25-34-17-10-36(11-20(17)41-25)24(38)22-18(39-2)5-13(7-33-22)26(28,29)30/h4-9H,10-11H2,1-3H3,(H,34,35,37). The number of methoxy groups -OCH3 is 2. The van der Waals surface area contributed by atoms with Gasteiger partial charge in [0.15, 0.2) is 16.6 Å². The Morgan fingerprint density at radius 2 is 1.76 bits per heavy atom. The van der Waals surface area contributed by atoms with E-state index in [1.165, 1.54) is 42.8 Å². The highest BCUT2D eigenvalue weighted by molar-refractivity contribution is 7.16. The molecule has 10 nitrogen and oxygen atoms in total. The number of halogens is 4. The summed E-state index contributed by atoms with van der Waals surface area (Å²) < 4.78 is 49.5. The average molecular weight is 605 g/mol. The first kappa shape index (κ1) is 28.2. The van der Waals surface area contributed by atoms with Crippen molar-refractivity contribution in [3.05, 3.63) is 75.0 Å². The fraction of sp³-hybridized carbons (Fsp3) is 0.231. The van der Waals surface area contributed by atoms with Gasteiger partial charge in [-0.05, 0) is 25.1 Å². The zero-order valence-electron chi connectivity index (χ0n) is 21.7. The van der Waals surface area contributed by atoms with Crippen molar-refractivity contribution in [2.24, 2.45) is 0 Å². The SMILES string of the molecule is COc1cnc(Cl)cc1-c1cc(C)ncc1C(=O)Nc1nc2c(s1)CN(C(=O)c1ncc(C(F)(F)F)cc1OC)C2. The highest BCUT2D eigenvalue weighted by atomic mass is 35.5. The third-order valence-corrected chi connectivity index (χ3v) is 7.40. The van der Waals surface area contributed by atoms with Crippen LogP contribution in [0.3, 0.4) is 0 Å². The smallest absolute Gasteiger partial charge is 0.418 e. The lowest BCUT2D eigenvalue weighted by Gasteiger charge is -2.17. The van der Waals surface area contributed by atoms with Gasteiger partial charge in [-0.2, -0.15) is 13.2 Å². The lowest BCUT2D eigenvalue weighted by molar-refractivity contribution is -0.138. The molecule has 0 unspecified atom stereocenters. The Bertz CT molecular complexity index is 1660. The number of alkyl halides is 3. The number of ether oxygens (including phenoxy) is 2. The molecule has 0 aromatic carbocycles. The van der Waals surface area contributed by atoms with Gasteiger partial charge in [-0.3, -0.25) is 19.9 Å². The van der Waals surface area contributed by atoms with Crippen molar-refractivity contribution in [2.45, 2.75) is 26.2 Å². The number of aryl methyl sites for hydroxylation is 1. The van der Waals surface area contributed by atoms with Crippen LogP contribution in [0.15, 0.2) is 36.8 Å². The predicted octanol–water partition coefficient (Wildman–Crippen LogP) is 5.40. The summed E-state index contributed by atoms with van der Waals surface area (Å²) in [6.45, 7) is 2.00. The molecule has 4 aromatic heterocycles. The maximum absolute atomic E-state index is 13.3. The van der Waals surface area contributed by atoms with Crippen LogP contribution in [-0.4, -0.2) is 50.9 Å². The number of nitrogens with one attached hydrogen (secondary N) is 1. The Balaban J connectivity index is 1.34. The number of rotatable bonds is 6. The molecule has 0 saturated carbocycles. The van der Waals surface area contributed by atoms with Crippen LogP contribution in [0.25, 0.3) is 11.1 Å². The molecule has 41 heavy (non-hydrogen) atoms. The van der Waals surface area contributed by atoms with Crippen molar-refractivity contribution in [1.29, 1.82) is 0 Å². The number of carbonyl (C=O) groups excluding carboxylic acids is 2. The molecule has 1 aliphatic rings. The molecule has 5 heterocycles. The van der Waals surface area contributed by atoms with Crippen LogP contribution in [-0.2, 0) is 19.3 Å². The Hall–Kier alpha value is -4.30. The molecule has 15 heteroatoms. The summed E-state index contributed by atoms with van der Waals surface area (Å²) in [4.78, 5) is 44.9. The molecule has 4 aromatic rings. The van der Waals surface area contributed by atoms with E-state index in [9.17, 15) is 22.8 Å². The first-order valence-electron chi connectivity index (χ1n) is 11.9. The third-order valence-electron chi connectivity index (χ3n) is 6.19. The Labute approximate surface area is 240 Å². The Kier molecular flexibility index (Phi) is 7.53. The van der Waals surface area contributed by atoms with E-state index in [1.807, 2.05) is 0 Å². The van der Waals surface area contributed by atoms with E-state index in [0.29, 0.717) is 44.5 Å². The number of carbonyl (C=O) groups is 2. The third kappa shape index (κ3) is 5.65. The first-order chi connectivity index (χ1) is 19.5. The number of amides is 2. The van der Waals surface area contributed by atoms with Gasteiger partial charge in [0.1, 0.15) is 10.9 Å². The number of thiazole rings is 1. The second-order valence-corrected chi connectivity index (χ2v) is 10.3. The van der Waals surface area contributed by atoms with Crippen LogP contribution < -0.4 is 14.8 Å². The van der Waals surface area contributed by atoms with Crippen LogP contribution in [0.4, 0.5) is 18.3 Å². The van der Waals surface area contributed by atoms with Gasteiger partial charge >= 0.3 is 6.18 Å². The molecule has 0 atom stereocenters. The van der Waals surface area contributed by atoms with E-state index in [0.717, 1.165) is 6.07 Å². The fourth-order valence-corrected chi connectivity index (χ4v) is 5.36. The quantitative estimate of drug-likeness (QED) is 0.291. The number of aromatic nitrogens is 4. The molecule has 1 aliphatic heterocycles. The zero-order chi connectivity index (χ0) is 29.5. The molecule has 0 aliphatic carbocycles. The molecular weight excluding hydrogens is 585 g/mol. The van der Waals surface area contributed by atoms with Gasteiger partial charge in [-0.15, -0.1) is 0 Å². The van der Waals surface area contributed by atoms with Crippen molar-refractivity contribution in [2.75, 3.05) is 19.5 Å². The summed E-state index contributed by atoms with van der Waals surface area (Å²) in [5, 5.41) is 3.31. The molecular formula is C26H20ClF3N6O4S. The average Bonchev–Trinajstić information content (AvgIpc) is 3.50. The summed E-state index contributed by atoms with van der Waals surface area (Å²) in [5.74, 6) is -0.935. The van der Waals surface area contributed by atoms with Crippen LogP contribution in [0, 0.1) is 6.92 Å². The molecule has 2 amide bonds. The zero-order valence-corrected chi connectivity index (χ0v) is 23.2. The maximum atomic E-state index is 13.3. The fourth-order valence-electron chi connectivity index (χ4n) is 4.22. The molecule has 0 radical (unpaired) electrons. The van der Waals surface area contributed by atoms with Gasteiger partial charge in [0.25, 0.3) is 11.8 Å². The second kappa shape index (κ2) is 10.9. The van der Waals surface area contributed by atoms with E-state index < -0.39 is 23.6 Å². The summed E-state index contributed by atoms with van der Waals surface area (Å²) >= 11 is 7.29. The lowest BCUT2D eigenvalue weighted by Crippen LogP contribution is -2.27. The van der Waals surface area contributed by atoms with Crippen molar-refractivity contribution in [1.82, 2.24) is 24.8 Å². The minimum atomic E-state index is -4.63. The first-order valence-corrected chi connectivity index (χ1v) is 13.0. The number of fused-ring (bicyclic) bond motifs is 1. The number of hydrogen-bond donors (Lipinski definition) is 1. The summed E-state index contributed by atoms with van der Waals surface area (Å²) in [6.07, 6.45) is -1.13. The predicted molar refractivity (Wildman–Crippen MR) is 143 cm³/mol. The summed E-state index contributed by atoms with van der Waals surface area (Å²) in [6, 6.07) is 4.07. The molecule has 0 fully saturated rings. The van der Waals surface area contributed by atoms with Gasteiger partial charge in [-0.25, -0.2) is 15.0 Å². The highest BCUT2D eigenvalue weighted by Crippen LogP contribution is 2.37. The molecule has 0 saturated heterocycles. The van der Waals surface area contributed by atoms with Gasteiger partial charge in [0.2, 0.25) is 0 Å². The molecule has 1 N–H and O–H groups in total. The highest BCUT2D eigenvalue weighted by Gasteiger charge is 2.35. The minimum absolute atomic E-state index is 0.0798. The maximum Gasteiger partial charge on any atom is 0.418 e. The molecule has 0 bridgehead atoms. The van der Waals surface area contributed by atoms with E-state index >= 15 is 0 Å². The Morgan fingerprint density at radius 3 is 2.44 bits per heavy atom. The minimum Gasteiger partial charge on any atom is -0.494 e. The number of hydrogen-bond acceptors (Lipinski definition) is 9. The summed E-state index contributed by atoms with van der Waals surface area (Å²) in [7, 11) is 2.65. The van der Waals surface area contributed by atoms with Gasteiger partial charge in [-0.1, -0.05) is 22.9 Å². The van der Waals surface area contributed by atoms with Gasteiger partial charge in [0.05, 0.1) is 55.2 Å². The number of anilines is 1. The van der Waals surface area contributed by atoms with E-state index in [-0.39, 0.29) is 35.2 Å². The number of nitrogens with zero attached hydrogens (tertiary/aromatic N) is 5. The largest absolute Gasteiger partial charge is 0.494 e. The van der Waals surface area contributed by atoms with E-state index in [2.05, 4.69) is 25.3 Å². The van der Waals surface area contributed by atoms with Crippen LogP contribution in [0.5, 0.6) is 11.5 Å². The van der Waals surface area contributed by atoms with Crippen LogP contribution >= 0.6 is 22.9 Å². The molecule has 5 rings (SSSR count). The topological polar surface area (TPSA) is 119 Å². The van der Waals surface area contributed by atoms with Crippen molar-refractivity contribution in [3.63, 3.8) is 0 Å². The molecule has 0 spiro atoms. The summed E-state index contributed by atoms with van der Waals surface area (Å²) in [5.41, 5.74) is 1.31. The van der Waals surface area contributed by atoms with Crippen LogP contribution in [0.2, 0.25) is 5.15 Å². The van der Waals surface area contributed by atoms with E-state index in [4.69, 9.17) is 21.1 Å². The van der Waals surface area contributed by atoms with Crippen molar-refractivity contribution >= 4 is 39.9 Å². The molecule has 212 valence electrons. The lowest BCUT2D eigenvalue weighted by atomic mass is 10.0. The van der Waals surface area contributed by atoms with Crippen molar-refractivity contribution < 1.29 is 32.2 Å². The van der Waals surface area contributed by atoms with Crippen molar-refractivity contribution in [3.8, 4) is 22.6 Å². The Morgan fingerprint density at radius 1 is 1.00 bits per heavy atom. The van der Waals surface area contributed by atoms with E-state index in [1.54, 1.807) is 19.1 Å².